The molecule has 1 unspecified atom stereocenters. The van der Waals surface area contributed by atoms with Crippen molar-refractivity contribution in [3.63, 3.8) is 0 Å². The first-order valence-electron chi connectivity index (χ1n) is 5.33. The Morgan fingerprint density at radius 3 is 2.44 bits per heavy atom. The van der Waals surface area contributed by atoms with E-state index in [1.54, 1.807) is 0 Å². The zero-order chi connectivity index (χ0) is 12.1. The van der Waals surface area contributed by atoms with E-state index in [9.17, 15) is 4.79 Å². The number of para-hydroxylation sites is 1. The number of carbonyl (C=O) groups excluding carboxylic acids is 1. The van der Waals surface area contributed by atoms with Gasteiger partial charge in [-0.2, -0.15) is 0 Å². The molecule has 0 aliphatic heterocycles. The van der Waals surface area contributed by atoms with Crippen molar-refractivity contribution in [1.29, 1.82) is 0 Å². The lowest BCUT2D eigenvalue weighted by molar-refractivity contribution is -0.128. The molecule has 0 bridgehead atoms. The summed E-state index contributed by atoms with van der Waals surface area (Å²) in [6.07, 6.45) is 0.0429. The summed E-state index contributed by atoms with van der Waals surface area (Å²) in [5.74, 6) is 5.56. The van der Waals surface area contributed by atoms with Crippen molar-refractivity contribution in [2.75, 3.05) is 0 Å². The number of nitrogens with two attached hydrogens (primary N) is 1. The lowest BCUT2D eigenvalue weighted by Crippen LogP contribution is -2.41. The molecule has 1 aromatic rings. The number of hydrogen-bond acceptors (Lipinski definition) is 3. The fraction of sp³-hybridized carbons (Fsp3) is 0.417. The lowest BCUT2D eigenvalue weighted by Gasteiger charge is -2.18. The molecule has 3 N–H and O–H groups in total. The van der Waals surface area contributed by atoms with Gasteiger partial charge in [-0.3, -0.25) is 10.2 Å². The van der Waals surface area contributed by atoms with Crippen LogP contribution in [0.4, 0.5) is 0 Å². The molecule has 0 heterocycles. The third-order valence-electron chi connectivity index (χ3n) is 2.47. The van der Waals surface area contributed by atoms with Crippen LogP contribution in [0.5, 0.6) is 5.75 Å². The third-order valence-corrected chi connectivity index (χ3v) is 2.47. The number of hydrazine groups is 1. The maximum absolute atomic E-state index is 11.4. The van der Waals surface area contributed by atoms with Crippen LogP contribution >= 0.6 is 0 Å². The highest BCUT2D eigenvalue weighted by Crippen LogP contribution is 2.24. The second-order valence-electron chi connectivity index (χ2n) is 3.74. The standard InChI is InChI=1S/C12H18N2O2/c1-4-10(12(15)14-13)16-11-8(2)6-5-7-9(11)3/h5-7,10H,4,13H2,1-3H3,(H,14,15). The van der Waals surface area contributed by atoms with Gasteiger partial charge in [0.15, 0.2) is 6.10 Å². The van der Waals surface area contributed by atoms with Gasteiger partial charge in [-0.05, 0) is 31.4 Å². The van der Waals surface area contributed by atoms with E-state index in [2.05, 4.69) is 5.43 Å². The van der Waals surface area contributed by atoms with Crippen molar-refractivity contribution in [1.82, 2.24) is 5.43 Å². The second-order valence-corrected chi connectivity index (χ2v) is 3.74. The van der Waals surface area contributed by atoms with Gasteiger partial charge in [0.1, 0.15) is 5.75 Å². The molecule has 0 radical (unpaired) electrons. The van der Waals surface area contributed by atoms with Gasteiger partial charge < -0.3 is 4.74 Å². The van der Waals surface area contributed by atoms with Gasteiger partial charge in [-0.15, -0.1) is 0 Å². The number of aryl methyl sites for hydroxylation is 2. The molecule has 1 rings (SSSR count). The summed E-state index contributed by atoms with van der Waals surface area (Å²) in [4.78, 5) is 11.4. The summed E-state index contributed by atoms with van der Waals surface area (Å²) >= 11 is 0. The molecule has 0 saturated heterocycles. The Morgan fingerprint density at radius 2 is 2.00 bits per heavy atom. The number of rotatable bonds is 4. The molecule has 0 spiro atoms. The van der Waals surface area contributed by atoms with Crippen LogP contribution in [-0.2, 0) is 4.79 Å². The highest BCUT2D eigenvalue weighted by molar-refractivity contribution is 5.80. The Labute approximate surface area is 95.8 Å². The van der Waals surface area contributed by atoms with Crippen LogP contribution in [0.15, 0.2) is 18.2 Å². The number of hydrogen-bond donors (Lipinski definition) is 2. The van der Waals surface area contributed by atoms with Crippen molar-refractivity contribution in [3.05, 3.63) is 29.3 Å². The maximum atomic E-state index is 11.4. The number of carbonyl (C=O) groups is 1. The molecule has 1 aromatic carbocycles. The van der Waals surface area contributed by atoms with Crippen LogP contribution in [0.25, 0.3) is 0 Å². The Morgan fingerprint density at radius 1 is 1.44 bits per heavy atom. The highest BCUT2D eigenvalue weighted by Gasteiger charge is 2.18. The summed E-state index contributed by atoms with van der Waals surface area (Å²) in [5.41, 5.74) is 4.15. The van der Waals surface area contributed by atoms with Crippen LogP contribution in [-0.4, -0.2) is 12.0 Å². The van der Waals surface area contributed by atoms with E-state index < -0.39 is 6.10 Å². The summed E-state index contributed by atoms with van der Waals surface area (Å²) in [6, 6.07) is 5.87. The summed E-state index contributed by atoms with van der Waals surface area (Å²) in [6.45, 7) is 5.79. The summed E-state index contributed by atoms with van der Waals surface area (Å²) in [7, 11) is 0. The smallest absolute Gasteiger partial charge is 0.274 e. The molecular weight excluding hydrogens is 204 g/mol. The molecule has 1 amide bonds. The fourth-order valence-electron chi connectivity index (χ4n) is 1.54. The topological polar surface area (TPSA) is 64.3 Å². The molecule has 0 fully saturated rings. The number of amides is 1. The third kappa shape index (κ3) is 2.73. The van der Waals surface area contributed by atoms with Gasteiger partial charge in [-0.25, -0.2) is 5.84 Å². The minimum atomic E-state index is -0.537. The predicted octanol–water partition coefficient (Wildman–Crippen LogP) is 1.45. The predicted molar refractivity (Wildman–Crippen MR) is 63.0 cm³/mol. The second kappa shape index (κ2) is 5.51. The van der Waals surface area contributed by atoms with Gasteiger partial charge in [0.2, 0.25) is 0 Å². The first kappa shape index (κ1) is 12.5. The molecular formula is C12H18N2O2. The largest absolute Gasteiger partial charge is 0.480 e. The Hall–Kier alpha value is -1.55. The van der Waals surface area contributed by atoms with Gasteiger partial charge in [0.05, 0.1) is 0 Å². The normalized spacial score (nSPS) is 12.0. The minimum Gasteiger partial charge on any atom is -0.480 e. The van der Waals surface area contributed by atoms with Crippen molar-refractivity contribution in [3.8, 4) is 5.75 Å². The molecule has 16 heavy (non-hydrogen) atoms. The van der Waals surface area contributed by atoms with E-state index in [-0.39, 0.29) is 5.91 Å². The monoisotopic (exact) mass is 222 g/mol. The van der Waals surface area contributed by atoms with Crippen LogP contribution in [0, 0.1) is 13.8 Å². The number of benzene rings is 1. The molecule has 0 aliphatic rings. The van der Waals surface area contributed by atoms with E-state index in [4.69, 9.17) is 10.6 Å². The van der Waals surface area contributed by atoms with Crippen molar-refractivity contribution in [2.24, 2.45) is 5.84 Å². The van der Waals surface area contributed by atoms with Crippen molar-refractivity contribution in [2.45, 2.75) is 33.3 Å². The average molecular weight is 222 g/mol. The molecule has 1 atom stereocenters. The van der Waals surface area contributed by atoms with E-state index in [1.165, 1.54) is 0 Å². The van der Waals surface area contributed by atoms with E-state index in [1.807, 2.05) is 39.0 Å². The zero-order valence-electron chi connectivity index (χ0n) is 9.91. The van der Waals surface area contributed by atoms with Crippen molar-refractivity contribution < 1.29 is 9.53 Å². The summed E-state index contributed by atoms with van der Waals surface area (Å²) in [5, 5.41) is 0. The van der Waals surface area contributed by atoms with Crippen LogP contribution in [0.2, 0.25) is 0 Å². The first-order valence-corrected chi connectivity index (χ1v) is 5.33. The Kier molecular flexibility index (Phi) is 4.31. The van der Waals surface area contributed by atoms with Crippen LogP contribution < -0.4 is 16.0 Å². The highest BCUT2D eigenvalue weighted by atomic mass is 16.5. The van der Waals surface area contributed by atoms with Gasteiger partial charge in [-0.1, -0.05) is 25.1 Å². The zero-order valence-corrected chi connectivity index (χ0v) is 9.91. The van der Waals surface area contributed by atoms with Gasteiger partial charge in [0, 0.05) is 0 Å². The lowest BCUT2D eigenvalue weighted by atomic mass is 10.1. The molecule has 0 aromatic heterocycles. The summed E-state index contributed by atoms with van der Waals surface area (Å²) < 4.78 is 5.69. The number of nitrogens with one attached hydrogen (secondary N) is 1. The average Bonchev–Trinajstić information content (AvgIpc) is 2.28. The molecule has 4 heteroatoms. The quantitative estimate of drug-likeness (QED) is 0.460. The van der Waals surface area contributed by atoms with Crippen molar-refractivity contribution >= 4 is 5.91 Å². The maximum Gasteiger partial charge on any atom is 0.274 e. The van der Waals surface area contributed by atoms with E-state index >= 15 is 0 Å². The Bertz CT molecular complexity index is 357. The molecule has 0 aliphatic carbocycles. The molecule has 88 valence electrons. The SMILES string of the molecule is CCC(Oc1c(C)cccc1C)C(=O)NN. The first-order chi connectivity index (χ1) is 7.60. The number of ether oxygens (including phenoxy) is 1. The van der Waals surface area contributed by atoms with Gasteiger partial charge in [0.25, 0.3) is 5.91 Å². The van der Waals surface area contributed by atoms with E-state index in [0.29, 0.717) is 6.42 Å². The van der Waals surface area contributed by atoms with Crippen LogP contribution in [0.3, 0.4) is 0 Å². The molecule has 0 saturated carbocycles. The molecule has 4 nitrogen and oxygen atoms in total. The fourth-order valence-corrected chi connectivity index (χ4v) is 1.54. The van der Waals surface area contributed by atoms with Crippen LogP contribution in [0.1, 0.15) is 24.5 Å². The van der Waals surface area contributed by atoms with Gasteiger partial charge >= 0.3 is 0 Å². The van der Waals surface area contributed by atoms with E-state index in [0.717, 1.165) is 16.9 Å². The Balaban J connectivity index is 2.90. The minimum absolute atomic E-state index is 0.301.